The molecule has 8 nitrogen and oxygen atoms in total. The Labute approximate surface area is 175 Å². The first-order valence-corrected chi connectivity index (χ1v) is 9.96. The molecule has 154 valence electrons. The van der Waals surface area contributed by atoms with E-state index in [1.54, 1.807) is 9.42 Å². The monoisotopic (exact) mass is 403 g/mol. The number of benzene rings is 1. The van der Waals surface area contributed by atoms with Gasteiger partial charge in [0.05, 0.1) is 12.7 Å². The van der Waals surface area contributed by atoms with Crippen molar-refractivity contribution in [3.8, 4) is 0 Å². The lowest BCUT2D eigenvalue weighted by molar-refractivity contribution is -0.130. The molecule has 0 unspecified atom stereocenters. The Bertz CT molecular complexity index is 1160. The van der Waals surface area contributed by atoms with E-state index in [1.807, 2.05) is 56.2 Å². The lowest BCUT2D eigenvalue weighted by Crippen LogP contribution is -2.26. The van der Waals surface area contributed by atoms with Crippen LogP contribution >= 0.6 is 0 Å². The molecule has 4 rings (SSSR count). The van der Waals surface area contributed by atoms with Gasteiger partial charge in [0.1, 0.15) is 6.33 Å². The molecule has 4 aromatic rings. The maximum Gasteiger partial charge on any atom is 0.252 e. The Morgan fingerprint density at radius 2 is 1.90 bits per heavy atom. The second-order valence-corrected chi connectivity index (χ2v) is 7.51. The van der Waals surface area contributed by atoms with Crippen molar-refractivity contribution < 1.29 is 4.79 Å². The predicted octanol–water partition coefficient (Wildman–Crippen LogP) is 2.58. The van der Waals surface area contributed by atoms with Gasteiger partial charge in [-0.1, -0.05) is 30.3 Å². The van der Waals surface area contributed by atoms with E-state index >= 15 is 0 Å². The first kappa shape index (κ1) is 19.8. The normalized spacial score (nSPS) is 11.2. The van der Waals surface area contributed by atoms with E-state index in [0.717, 1.165) is 29.1 Å². The third-order valence-electron chi connectivity index (χ3n) is 5.30. The highest BCUT2D eigenvalue weighted by molar-refractivity contribution is 5.76. The van der Waals surface area contributed by atoms with Crippen molar-refractivity contribution in [3.63, 3.8) is 0 Å². The molecule has 0 bridgehead atoms. The van der Waals surface area contributed by atoms with Crippen molar-refractivity contribution in [2.24, 2.45) is 0 Å². The van der Waals surface area contributed by atoms with Gasteiger partial charge in [0, 0.05) is 43.2 Å². The number of carbonyl (C=O) groups excluding carboxylic acids is 1. The molecule has 0 N–H and O–H groups in total. The topological polar surface area (TPSA) is 81.2 Å². The first-order chi connectivity index (χ1) is 14.5. The van der Waals surface area contributed by atoms with E-state index in [1.165, 1.54) is 11.9 Å². The molecule has 1 aromatic carbocycles. The van der Waals surface area contributed by atoms with Crippen LogP contribution in [0.1, 0.15) is 34.5 Å². The lowest BCUT2D eigenvalue weighted by Gasteiger charge is -2.17. The molecule has 0 aliphatic carbocycles. The molecule has 1 amide bonds. The van der Waals surface area contributed by atoms with Gasteiger partial charge in [0.25, 0.3) is 5.78 Å². The van der Waals surface area contributed by atoms with Crippen LogP contribution in [-0.4, -0.2) is 47.2 Å². The predicted molar refractivity (Wildman–Crippen MR) is 113 cm³/mol. The van der Waals surface area contributed by atoms with Crippen LogP contribution in [0.4, 0.5) is 0 Å². The van der Waals surface area contributed by atoms with Crippen LogP contribution in [0, 0.1) is 13.8 Å². The molecular formula is C22H25N7O. The van der Waals surface area contributed by atoms with Crippen molar-refractivity contribution in [3.05, 3.63) is 77.1 Å². The average Bonchev–Trinajstić information content (AvgIpc) is 3.37. The third kappa shape index (κ3) is 4.22. The summed E-state index contributed by atoms with van der Waals surface area (Å²) in [5.74, 6) is 0.674. The second-order valence-electron chi connectivity index (χ2n) is 7.51. The molecule has 0 atom stereocenters. The summed E-state index contributed by atoms with van der Waals surface area (Å²) in [6, 6.07) is 10.2. The van der Waals surface area contributed by atoms with Crippen molar-refractivity contribution in [1.82, 2.24) is 34.3 Å². The van der Waals surface area contributed by atoms with Gasteiger partial charge in [0.15, 0.2) is 0 Å². The molecule has 0 saturated carbocycles. The number of carbonyl (C=O) groups is 1. The minimum absolute atomic E-state index is 0.0864. The Kier molecular flexibility index (Phi) is 5.56. The lowest BCUT2D eigenvalue weighted by atomic mass is 10.1. The molecule has 0 fully saturated rings. The van der Waals surface area contributed by atoms with Crippen molar-refractivity contribution in [1.29, 1.82) is 0 Å². The summed E-state index contributed by atoms with van der Waals surface area (Å²) in [6.07, 6.45) is 6.35. The van der Waals surface area contributed by atoms with Crippen LogP contribution in [0.25, 0.3) is 5.78 Å². The van der Waals surface area contributed by atoms with E-state index in [4.69, 9.17) is 0 Å². The van der Waals surface area contributed by atoms with E-state index in [2.05, 4.69) is 32.3 Å². The fourth-order valence-electron chi connectivity index (χ4n) is 3.65. The maximum absolute atomic E-state index is 12.7. The molecule has 0 aliphatic rings. The number of amides is 1. The summed E-state index contributed by atoms with van der Waals surface area (Å²) >= 11 is 0. The molecule has 0 radical (unpaired) electrons. The summed E-state index contributed by atoms with van der Waals surface area (Å²) < 4.78 is 3.62. The van der Waals surface area contributed by atoms with Gasteiger partial charge >= 0.3 is 0 Å². The summed E-state index contributed by atoms with van der Waals surface area (Å²) in [5.41, 5.74) is 5.13. The number of hydrogen-bond acceptors (Lipinski definition) is 5. The summed E-state index contributed by atoms with van der Waals surface area (Å²) in [6.45, 7) is 5.19. The molecule has 30 heavy (non-hydrogen) atoms. The summed E-state index contributed by atoms with van der Waals surface area (Å²) in [5, 5.41) is 8.63. The molecule has 8 heteroatoms. The van der Waals surface area contributed by atoms with Crippen LogP contribution in [0.3, 0.4) is 0 Å². The van der Waals surface area contributed by atoms with E-state index < -0.39 is 0 Å². The molecule has 0 spiro atoms. The van der Waals surface area contributed by atoms with Gasteiger partial charge in [-0.25, -0.2) is 9.50 Å². The van der Waals surface area contributed by atoms with Crippen LogP contribution in [0.2, 0.25) is 0 Å². The maximum atomic E-state index is 12.7. The van der Waals surface area contributed by atoms with Gasteiger partial charge in [0.2, 0.25) is 5.91 Å². The molecule has 0 saturated heterocycles. The van der Waals surface area contributed by atoms with E-state index in [9.17, 15) is 4.79 Å². The first-order valence-electron chi connectivity index (χ1n) is 9.96. The smallest absolute Gasteiger partial charge is 0.252 e. The molecule has 3 aromatic heterocycles. The van der Waals surface area contributed by atoms with Crippen molar-refractivity contribution >= 4 is 11.7 Å². The van der Waals surface area contributed by atoms with Gasteiger partial charge in [-0.05, 0) is 31.4 Å². The average molecular weight is 403 g/mol. The van der Waals surface area contributed by atoms with Crippen molar-refractivity contribution in [2.75, 3.05) is 7.05 Å². The SMILES string of the molecule is Cc1nc2ncnn2c(C)c1CCC(=O)N(C)Cc1cnn(Cc2ccccc2)c1. The third-order valence-corrected chi connectivity index (χ3v) is 5.30. The van der Waals surface area contributed by atoms with Crippen molar-refractivity contribution in [2.45, 2.75) is 39.8 Å². The zero-order valence-corrected chi connectivity index (χ0v) is 17.5. The Morgan fingerprint density at radius 1 is 1.10 bits per heavy atom. The number of rotatable bonds is 7. The molecule has 0 aliphatic heterocycles. The highest BCUT2D eigenvalue weighted by Gasteiger charge is 2.15. The summed E-state index contributed by atoms with van der Waals surface area (Å²) in [4.78, 5) is 23.1. The van der Waals surface area contributed by atoms with Crippen LogP contribution in [0.5, 0.6) is 0 Å². The Hall–Kier alpha value is -3.55. The minimum atomic E-state index is 0.0864. The summed E-state index contributed by atoms with van der Waals surface area (Å²) in [7, 11) is 1.83. The van der Waals surface area contributed by atoms with Gasteiger partial charge in [-0.3, -0.25) is 9.48 Å². The number of nitrogens with zero attached hydrogens (tertiary/aromatic N) is 7. The second kappa shape index (κ2) is 8.44. The number of fused-ring (bicyclic) bond motifs is 1. The number of hydrogen-bond donors (Lipinski definition) is 0. The van der Waals surface area contributed by atoms with Gasteiger partial charge in [-0.15, -0.1) is 0 Å². The van der Waals surface area contributed by atoms with E-state index in [-0.39, 0.29) is 5.91 Å². The van der Waals surface area contributed by atoms with Crippen LogP contribution in [-0.2, 0) is 24.3 Å². The van der Waals surface area contributed by atoms with Gasteiger partial charge < -0.3 is 4.90 Å². The minimum Gasteiger partial charge on any atom is -0.341 e. The fourth-order valence-corrected chi connectivity index (χ4v) is 3.65. The highest BCUT2D eigenvalue weighted by Crippen LogP contribution is 2.16. The zero-order chi connectivity index (χ0) is 21.1. The molecular weight excluding hydrogens is 378 g/mol. The largest absolute Gasteiger partial charge is 0.341 e. The standard InChI is InChI=1S/C22H25N7O/c1-16-20(17(2)29-22(26-16)23-15-25-29)9-10-21(30)27(3)12-19-11-24-28(14-19)13-18-7-5-4-6-8-18/h4-8,11,14-15H,9-10,12-13H2,1-3H3. The zero-order valence-electron chi connectivity index (χ0n) is 17.5. The van der Waals surface area contributed by atoms with Gasteiger partial charge in [-0.2, -0.15) is 15.2 Å². The highest BCUT2D eigenvalue weighted by atomic mass is 16.2. The van der Waals surface area contributed by atoms with E-state index in [0.29, 0.717) is 25.2 Å². The van der Waals surface area contributed by atoms with Crippen LogP contribution < -0.4 is 0 Å². The quantitative estimate of drug-likeness (QED) is 0.474. The Balaban J connectivity index is 1.36. The molecule has 3 heterocycles. The van der Waals surface area contributed by atoms with Crippen LogP contribution in [0.15, 0.2) is 49.1 Å². The fraction of sp³-hybridized carbons (Fsp3) is 0.318. The number of aromatic nitrogens is 6. The number of aryl methyl sites for hydroxylation is 2. The Morgan fingerprint density at radius 3 is 2.70 bits per heavy atom.